The number of fused-ring (bicyclic) bond motifs is 1. The summed E-state index contributed by atoms with van der Waals surface area (Å²) in [6, 6.07) is 4.38. The highest BCUT2D eigenvalue weighted by Crippen LogP contribution is 2.37. The van der Waals surface area contributed by atoms with Crippen molar-refractivity contribution in [3.63, 3.8) is 0 Å². The molecule has 108 valence electrons. The van der Waals surface area contributed by atoms with E-state index >= 15 is 0 Å². The molecule has 0 fully saturated rings. The summed E-state index contributed by atoms with van der Waals surface area (Å²) in [6.07, 6.45) is 1.67. The number of pyridine rings is 1. The third-order valence-corrected chi connectivity index (χ3v) is 3.50. The lowest BCUT2D eigenvalue weighted by molar-refractivity contribution is -0.119. The van der Waals surface area contributed by atoms with Gasteiger partial charge in [0.1, 0.15) is 17.7 Å². The Hall–Kier alpha value is -2.34. The molecule has 21 heavy (non-hydrogen) atoms. The smallest absolute Gasteiger partial charge is 0.249 e. The van der Waals surface area contributed by atoms with Gasteiger partial charge in [-0.1, -0.05) is 6.07 Å². The average Bonchev–Trinajstić information content (AvgIpc) is 2.66. The van der Waals surface area contributed by atoms with E-state index in [1.807, 2.05) is 13.0 Å². The Morgan fingerprint density at radius 2 is 2.10 bits per heavy atom. The topological polar surface area (TPSA) is 59.2 Å². The first-order valence-electron chi connectivity index (χ1n) is 6.45. The summed E-state index contributed by atoms with van der Waals surface area (Å²) in [5, 5.41) is 0. The summed E-state index contributed by atoms with van der Waals surface area (Å²) in [4.78, 5) is 17.6. The van der Waals surface area contributed by atoms with Crippen molar-refractivity contribution in [1.82, 2.24) is 4.98 Å². The molecule has 1 aromatic heterocycles. The number of benzene rings is 1. The number of nitrogens with zero attached hydrogens (tertiary/aromatic N) is 2. The Morgan fingerprint density at radius 3 is 2.76 bits per heavy atom. The van der Waals surface area contributed by atoms with Crippen molar-refractivity contribution in [2.24, 2.45) is 5.73 Å². The van der Waals surface area contributed by atoms with Crippen molar-refractivity contribution in [2.75, 3.05) is 4.90 Å². The number of aryl methyl sites for hydroxylation is 1. The van der Waals surface area contributed by atoms with Crippen LogP contribution < -0.4 is 10.6 Å². The van der Waals surface area contributed by atoms with Crippen molar-refractivity contribution in [3.05, 3.63) is 58.9 Å². The maximum absolute atomic E-state index is 13.8. The molecule has 0 saturated carbocycles. The van der Waals surface area contributed by atoms with E-state index in [1.54, 1.807) is 12.3 Å². The maximum Gasteiger partial charge on any atom is 0.249 e. The van der Waals surface area contributed by atoms with Crippen molar-refractivity contribution in [1.29, 1.82) is 0 Å². The maximum atomic E-state index is 13.8. The largest absolute Gasteiger partial charge is 0.316 e. The molecule has 0 saturated heterocycles. The van der Waals surface area contributed by atoms with E-state index in [0.717, 1.165) is 17.7 Å². The SMILES string of the molecule is Cc1ccc(CN2C(=O)C(N)c3c(F)cc(F)cc32)nc1. The lowest BCUT2D eigenvalue weighted by atomic mass is 10.1. The second-order valence-corrected chi connectivity index (χ2v) is 5.05. The summed E-state index contributed by atoms with van der Waals surface area (Å²) in [5.41, 5.74) is 7.55. The summed E-state index contributed by atoms with van der Waals surface area (Å²) < 4.78 is 27.2. The fourth-order valence-electron chi connectivity index (χ4n) is 2.43. The van der Waals surface area contributed by atoms with Crippen LogP contribution in [0.3, 0.4) is 0 Å². The Labute approximate surface area is 120 Å². The van der Waals surface area contributed by atoms with Crippen molar-refractivity contribution in [2.45, 2.75) is 19.5 Å². The summed E-state index contributed by atoms with van der Waals surface area (Å²) >= 11 is 0. The summed E-state index contributed by atoms with van der Waals surface area (Å²) in [7, 11) is 0. The van der Waals surface area contributed by atoms with Crippen LogP contribution in [0.4, 0.5) is 14.5 Å². The quantitative estimate of drug-likeness (QED) is 0.922. The van der Waals surface area contributed by atoms with Crippen molar-refractivity contribution in [3.8, 4) is 0 Å². The van der Waals surface area contributed by atoms with E-state index in [0.29, 0.717) is 5.69 Å². The Kier molecular flexibility index (Phi) is 3.17. The van der Waals surface area contributed by atoms with Gasteiger partial charge >= 0.3 is 0 Å². The number of anilines is 1. The molecule has 1 unspecified atom stereocenters. The minimum absolute atomic E-state index is 0.0357. The molecule has 2 N–H and O–H groups in total. The van der Waals surface area contributed by atoms with Crippen LogP contribution in [0.15, 0.2) is 30.5 Å². The van der Waals surface area contributed by atoms with E-state index in [2.05, 4.69) is 4.98 Å². The van der Waals surface area contributed by atoms with E-state index < -0.39 is 23.6 Å². The lowest BCUT2D eigenvalue weighted by Gasteiger charge is -2.17. The Bertz CT molecular complexity index is 716. The molecule has 1 aliphatic rings. The number of hydrogen-bond acceptors (Lipinski definition) is 3. The fraction of sp³-hybridized carbons (Fsp3) is 0.200. The molecular weight excluding hydrogens is 276 g/mol. The second-order valence-electron chi connectivity index (χ2n) is 5.05. The zero-order valence-electron chi connectivity index (χ0n) is 11.3. The van der Waals surface area contributed by atoms with Crippen LogP contribution in [-0.2, 0) is 11.3 Å². The Balaban J connectivity index is 2.01. The highest BCUT2D eigenvalue weighted by Gasteiger charge is 2.37. The first-order valence-corrected chi connectivity index (χ1v) is 6.45. The van der Waals surface area contributed by atoms with Gasteiger partial charge in [0.2, 0.25) is 5.91 Å². The Morgan fingerprint density at radius 1 is 1.33 bits per heavy atom. The van der Waals surface area contributed by atoms with E-state index in [9.17, 15) is 13.6 Å². The molecular formula is C15H13F2N3O. The third-order valence-electron chi connectivity index (χ3n) is 3.50. The van der Waals surface area contributed by atoms with Gasteiger partial charge in [0.15, 0.2) is 0 Å². The molecule has 1 aromatic carbocycles. The molecule has 3 rings (SSSR count). The van der Waals surface area contributed by atoms with Gasteiger partial charge in [-0.15, -0.1) is 0 Å². The first-order chi connectivity index (χ1) is 9.97. The molecule has 0 aliphatic carbocycles. The predicted octanol–water partition coefficient (Wildman–Crippen LogP) is 2.21. The average molecular weight is 289 g/mol. The van der Waals surface area contributed by atoms with Crippen LogP contribution >= 0.6 is 0 Å². The molecule has 2 heterocycles. The zero-order valence-corrected chi connectivity index (χ0v) is 11.3. The van der Waals surface area contributed by atoms with Gasteiger partial charge in [-0.05, 0) is 24.6 Å². The van der Waals surface area contributed by atoms with E-state index in [4.69, 9.17) is 5.73 Å². The number of nitrogens with two attached hydrogens (primary N) is 1. The minimum Gasteiger partial charge on any atom is -0.316 e. The van der Waals surface area contributed by atoms with Crippen LogP contribution in [0.2, 0.25) is 0 Å². The molecule has 0 bridgehead atoms. The van der Waals surface area contributed by atoms with Gasteiger partial charge in [0.05, 0.1) is 17.9 Å². The zero-order chi connectivity index (χ0) is 15.1. The summed E-state index contributed by atoms with van der Waals surface area (Å²) in [6.45, 7) is 2.02. The first kappa shape index (κ1) is 13.6. The normalized spacial score (nSPS) is 17.2. The second kappa shape index (κ2) is 4.89. The molecule has 1 atom stereocenters. The van der Waals surface area contributed by atoms with Gasteiger partial charge in [-0.25, -0.2) is 8.78 Å². The summed E-state index contributed by atoms with van der Waals surface area (Å²) in [5.74, 6) is -2.00. The van der Waals surface area contributed by atoms with E-state index in [-0.39, 0.29) is 17.8 Å². The number of aromatic nitrogens is 1. The number of carbonyl (C=O) groups excluding carboxylic acids is 1. The molecule has 0 spiro atoms. The highest BCUT2D eigenvalue weighted by atomic mass is 19.1. The van der Waals surface area contributed by atoms with Gasteiger partial charge in [0.25, 0.3) is 0 Å². The number of carbonyl (C=O) groups is 1. The van der Waals surface area contributed by atoms with Crippen LogP contribution in [-0.4, -0.2) is 10.9 Å². The van der Waals surface area contributed by atoms with Crippen molar-refractivity contribution < 1.29 is 13.6 Å². The lowest BCUT2D eigenvalue weighted by Crippen LogP contribution is -2.31. The number of amides is 1. The molecule has 0 radical (unpaired) electrons. The molecule has 6 heteroatoms. The van der Waals surface area contributed by atoms with Gasteiger partial charge in [0, 0.05) is 17.8 Å². The number of hydrogen-bond donors (Lipinski definition) is 1. The van der Waals surface area contributed by atoms with Gasteiger partial charge in [-0.2, -0.15) is 0 Å². The molecule has 1 amide bonds. The standard InChI is InChI=1S/C15H13F2N3O/c1-8-2-3-10(19-6-8)7-20-12-5-9(16)4-11(17)13(12)14(18)15(20)21/h2-6,14H,7,18H2,1H3. The van der Waals surface area contributed by atoms with E-state index in [1.165, 1.54) is 4.90 Å². The highest BCUT2D eigenvalue weighted by molar-refractivity contribution is 6.04. The number of rotatable bonds is 2. The predicted molar refractivity (Wildman–Crippen MR) is 73.5 cm³/mol. The van der Waals surface area contributed by atoms with Crippen LogP contribution in [0.5, 0.6) is 0 Å². The number of halogens is 2. The molecule has 1 aliphatic heterocycles. The fourth-order valence-corrected chi connectivity index (χ4v) is 2.43. The van der Waals surface area contributed by atoms with Crippen LogP contribution in [0, 0.1) is 18.6 Å². The monoisotopic (exact) mass is 289 g/mol. The minimum atomic E-state index is -1.11. The van der Waals surface area contributed by atoms with Gasteiger partial charge < -0.3 is 10.6 Å². The van der Waals surface area contributed by atoms with Gasteiger partial charge in [-0.3, -0.25) is 9.78 Å². The van der Waals surface area contributed by atoms with Crippen LogP contribution in [0.25, 0.3) is 0 Å². The molecule has 2 aromatic rings. The van der Waals surface area contributed by atoms with Crippen LogP contribution in [0.1, 0.15) is 22.9 Å². The van der Waals surface area contributed by atoms with Crippen molar-refractivity contribution >= 4 is 11.6 Å². The third kappa shape index (κ3) is 2.27. The molecule has 4 nitrogen and oxygen atoms in total.